The molecule has 2 aliphatic rings. The van der Waals surface area contributed by atoms with Crippen LogP contribution in [0.3, 0.4) is 0 Å². The molecule has 0 N–H and O–H groups in total. The topological polar surface area (TPSA) is 23.6 Å². The Morgan fingerprint density at radius 2 is 1.46 bits per heavy atom. The van der Waals surface area contributed by atoms with Crippen LogP contribution < -0.4 is 0 Å². The summed E-state index contributed by atoms with van der Waals surface area (Å²) in [5, 5.41) is 0. The van der Waals surface area contributed by atoms with Crippen molar-refractivity contribution in [1.29, 1.82) is 0 Å². The zero-order chi connectivity index (χ0) is 17.6. The van der Waals surface area contributed by atoms with E-state index in [0.717, 1.165) is 31.8 Å². The summed E-state index contributed by atoms with van der Waals surface area (Å²) in [6.45, 7) is 15.0. The van der Waals surface area contributed by atoms with Crippen LogP contribution in [0.25, 0.3) is 0 Å². The highest BCUT2D eigenvalue weighted by atomic mass is 16.2. The Hall–Kier alpha value is -0.570. The summed E-state index contributed by atoms with van der Waals surface area (Å²) in [7, 11) is 0. The average molecular weight is 337 g/mol. The van der Waals surface area contributed by atoms with Crippen molar-refractivity contribution in [1.82, 2.24) is 9.80 Å². The van der Waals surface area contributed by atoms with E-state index in [1.165, 1.54) is 58.2 Å². The first-order chi connectivity index (χ1) is 11.5. The van der Waals surface area contributed by atoms with Crippen LogP contribution in [0.15, 0.2) is 0 Å². The van der Waals surface area contributed by atoms with E-state index >= 15 is 0 Å². The van der Waals surface area contributed by atoms with Gasteiger partial charge in [-0.05, 0) is 62.4 Å². The van der Waals surface area contributed by atoms with Crippen molar-refractivity contribution in [2.24, 2.45) is 17.3 Å². The van der Waals surface area contributed by atoms with Crippen LogP contribution >= 0.6 is 0 Å². The van der Waals surface area contributed by atoms with Crippen molar-refractivity contribution in [2.75, 3.05) is 32.7 Å². The molecule has 0 aromatic heterocycles. The van der Waals surface area contributed by atoms with Gasteiger partial charge in [0.2, 0.25) is 5.91 Å². The molecule has 0 saturated carbocycles. The van der Waals surface area contributed by atoms with Gasteiger partial charge in [-0.1, -0.05) is 40.5 Å². The molecular formula is C21H40N2O. The normalized spacial score (nSPS) is 24.1. The molecule has 24 heavy (non-hydrogen) atoms. The van der Waals surface area contributed by atoms with Gasteiger partial charge in [0, 0.05) is 26.1 Å². The Morgan fingerprint density at radius 1 is 0.917 bits per heavy atom. The molecule has 2 saturated heterocycles. The zero-order valence-electron chi connectivity index (χ0n) is 16.6. The minimum absolute atomic E-state index is 0.402. The maximum atomic E-state index is 12.4. The van der Waals surface area contributed by atoms with Crippen LogP contribution in [0.2, 0.25) is 0 Å². The number of likely N-dealkylation sites (tertiary alicyclic amines) is 2. The van der Waals surface area contributed by atoms with Gasteiger partial charge in [-0.15, -0.1) is 0 Å². The molecule has 1 amide bonds. The molecule has 2 heterocycles. The largest absolute Gasteiger partial charge is 0.343 e. The lowest BCUT2D eigenvalue weighted by atomic mass is 9.71. The third-order valence-corrected chi connectivity index (χ3v) is 6.91. The highest BCUT2D eigenvalue weighted by Crippen LogP contribution is 2.41. The van der Waals surface area contributed by atoms with Crippen LogP contribution in [-0.4, -0.2) is 48.4 Å². The van der Waals surface area contributed by atoms with E-state index in [4.69, 9.17) is 0 Å². The van der Waals surface area contributed by atoms with Gasteiger partial charge in [0.1, 0.15) is 0 Å². The standard InChI is InChI=1S/C21H40N2O/c1-5-18(3)7-8-20(24)23-15-11-21(12-16-23)9-13-22(14-10-21)17-19(4)6-2/h18-19H,5-17H2,1-4H3. The predicted octanol–water partition coefficient (Wildman–Crippen LogP) is 4.56. The SMILES string of the molecule is CCC(C)CCC(=O)N1CCC2(CCN(CC(C)CC)CC2)CC1. The summed E-state index contributed by atoms with van der Waals surface area (Å²) in [4.78, 5) is 17.2. The lowest BCUT2D eigenvalue weighted by molar-refractivity contribution is -0.134. The van der Waals surface area contributed by atoms with Gasteiger partial charge < -0.3 is 9.80 Å². The van der Waals surface area contributed by atoms with Crippen LogP contribution in [0.4, 0.5) is 0 Å². The fourth-order valence-corrected chi connectivity index (χ4v) is 4.24. The third-order valence-electron chi connectivity index (χ3n) is 6.91. The molecule has 140 valence electrons. The molecule has 3 heteroatoms. The quantitative estimate of drug-likeness (QED) is 0.680. The number of amides is 1. The summed E-state index contributed by atoms with van der Waals surface area (Å²) < 4.78 is 0. The van der Waals surface area contributed by atoms with Gasteiger partial charge in [-0.3, -0.25) is 4.79 Å². The van der Waals surface area contributed by atoms with Gasteiger partial charge in [0.05, 0.1) is 0 Å². The highest BCUT2D eigenvalue weighted by molar-refractivity contribution is 5.76. The third kappa shape index (κ3) is 5.47. The van der Waals surface area contributed by atoms with Gasteiger partial charge in [0.15, 0.2) is 0 Å². The molecule has 2 atom stereocenters. The fourth-order valence-electron chi connectivity index (χ4n) is 4.24. The molecule has 2 rings (SSSR count). The van der Waals surface area contributed by atoms with Crippen LogP contribution in [-0.2, 0) is 4.79 Å². The second kappa shape index (κ2) is 9.22. The second-order valence-corrected chi connectivity index (χ2v) is 8.75. The fraction of sp³-hybridized carbons (Fsp3) is 0.952. The van der Waals surface area contributed by atoms with Crippen LogP contribution in [0.1, 0.15) is 79.1 Å². The number of hydrogen-bond donors (Lipinski definition) is 0. The average Bonchev–Trinajstić information content (AvgIpc) is 2.62. The van der Waals surface area contributed by atoms with E-state index in [1.807, 2.05) is 0 Å². The first kappa shape index (κ1) is 19.8. The Bertz CT molecular complexity index is 377. The molecule has 2 fully saturated rings. The number of rotatable bonds is 7. The highest BCUT2D eigenvalue weighted by Gasteiger charge is 2.38. The maximum Gasteiger partial charge on any atom is 0.222 e. The molecule has 0 bridgehead atoms. The number of hydrogen-bond acceptors (Lipinski definition) is 2. The van der Waals surface area contributed by atoms with Gasteiger partial charge in [0.25, 0.3) is 0 Å². The lowest BCUT2D eigenvalue weighted by Gasteiger charge is -2.47. The summed E-state index contributed by atoms with van der Waals surface area (Å²) >= 11 is 0. The van der Waals surface area contributed by atoms with E-state index in [-0.39, 0.29) is 0 Å². The Morgan fingerprint density at radius 3 is 2.00 bits per heavy atom. The van der Waals surface area contributed by atoms with E-state index in [9.17, 15) is 4.79 Å². The number of piperidine rings is 2. The summed E-state index contributed by atoms with van der Waals surface area (Å²) in [5.74, 6) is 1.91. The number of carbonyl (C=O) groups is 1. The minimum atomic E-state index is 0.402. The van der Waals surface area contributed by atoms with E-state index in [1.54, 1.807) is 0 Å². The predicted molar refractivity (Wildman–Crippen MR) is 102 cm³/mol. The van der Waals surface area contributed by atoms with Crippen molar-refractivity contribution in [3.63, 3.8) is 0 Å². The van der Waals surface area contributed by atoms with E-state index in [2.05, 4.69) is 37.5 Å². The van der Waals surface area contributed by atoms with Gasteiger partial charge >= 0.3 is 0 Å². The summed E-state index contributed by atoms with van der Waals surface area (Å²) in [6, 6.07) is 0. The molecule has 0 aromatic rings. The molecule has 2 unspecified atom stereocenters. The number of carbonyl (C=O) groups excluding carboxylic acids is 1. The molecular weight excluding hydrogens is 296 g/mol. The van der Waals surface area contributed by atoms with E-state index in [0.29, 0.717) is 17.2 Å². The monoisotopic (exact) mass is 336 g/mol. The Kier molecular flexibility index (Phi) is 7.59. The van der Waals surface area contributed by atoms with Gasteiger partial charge in [-0.25, -0.2) is 0 Å². The first-order valence-electron chi connectivity index (χ1n) is 10.5. The Balaban J connectivity index is 1.72. The second-order valence-electron chi connectivity index (χ2n) is 8.75. The van der Waals surface area contributed by atoms with Gasteiger partial charge in [-0.2, -0.15) is 0 Å². The molecule has 0 radical (unpaired) electrons. The van der Waals surface area contributed by atoms with Crippen LogP contribution in [0, 0.1) is 17.3 Å². The lowest BCUT2D eigenvalue weighted by Crippen LogP contribution is -2.48. The maximum absolute atomic E-state index is 12.4. The first-order valence-corrected chi connectivity index (χ1v) is 10.5. The van der Waals surface area contributed by atoms with Crippen molar-refractivity contribution < 1.29 is 4.79 Å². The molecule has 0 aliphatic carbocycles. The van der Waals surface area contributed by atoms with Crippen molar-refractivity contribution in [3.8, 4) is 0 Å². The molecule has 2 aliphatic heterocycles. The smallest absolute Gasteiger partial charge is 0.222 e. The molecule has 1 spiro atoms. The van der Waals surface area contributed by atoms with Crippen molar-refractivity contribution in [2.45, 2.75) is 79.1 Å². The zero-order valence-corrected chi connectivity index (χ0v) is 16.6. The summed E-state index contributed by atoms with van der Waals surface area (Å²) in [5.41, 5.74) is 0.541. The molecule has 3 nitrogen and oxygen atoms in total. The van der Waals surface area contributed by atoms with E-state index < -0.39 is 0 Å². The van der Waals surface area contributed by atoms with Crippen molar-refractivity contribution in [3.05, 3.63) is 0 Å². The Labute approximate surface area is 150 Å². The minimum Gasteiger partial charge on any atom is -0.343 e. The van der Waals surface area contributed by atoms with Crippen LogP contribution in [0.5, 0.6) is 0 Å². The number of nitrogens with zero attached hydrogens (tertiary/aromatic N) is 2. The summed E-state index contributed by atoms with van der Waals surface area (Å²) in [6.07, 6.45) is 9.44. The molecule has 0 aromatic carbocycles. The van der Waals surface area contributed by atoms with Crippen molar-refractivity contribution >= 4 is 5.91 Å².